The number of aromatic nitrogens is 1. The number of carbonyl (C=O) groups excluding carboxylic acids is 3. The molecule has 7 N–H and O–H groups in total. The minimum atomic E-state index is -1.15. The van der Waals surface area contributed by atoms with E-state index in [0.29, 0.717) is 6.42 Å². The second-order valence-corrected chi connectivity index (χ2v) is 11.4. The average molecular weight is 612 g/mol. The first kappa shape index (κ1) is 32.9. The molecule has 45 heavy (non-hydrogen) atoms. The number of carbonyl (C=O) groups is 4. The number of H-pyrrole nitrogens is 1. The number of aromatic amines is 1. The topological polar surface area (TPSA) is 166 Å². The minimum absolute atomic E-state index is 0.122. The predicted molar refractivity (Wildman–Crippen MR) is 173 cm³/mol. The van der Waals surface area contributed by atoms with Gasteiger partial charge in [-0.2, -0.15) is 0 Å². The highest BCUT2D eigenvalue weighted by Gasteiger charge is 2.32. The van der Waals surface area contributed by atoms with E-state index >= 15 is 0 Å². The molecule has 5 atom stereocenters. The van der Waals surface area contributed by atoms with Crippen LogP contribution in [0, 0.1) is 5.92 Å². The molecular weight excluding hydrogens is 570 g/mol. The highest BCUT2D eigenvalue weighted by atomic mass is 16.4. The van der Waals surface area contributed by atoms with Crippen molar-refractivity contribution in [3.63, 3.8) is 0 Å². The van der Waals surface area contributed by atoms with E-state index in [4.69, 9.17) is 5.73 Å². The molecule has 3 amide bonds. The fourth-order valence-corrected chi connectivity index (χ4v) is 5.24. The van der Waals surface area contributed by atoms with Gasteiger partial charge in [-0.3, -0.25) is 14.4 Å². The first-order valence-corrected chi connectivity index (χ1v) is 15.2. The molecule has 10 nitrogen and oxygen atoms in total. The van der Waals surface area contributed by atoms with Crippen molar-refractivity contribution in [3.8, 4) is 0 Å². The molecule has 236 valence electrons. The second-order valence-electron chi connectivity index (χ2n) is 11.4. The molecule has 0 spiro atoms. The van der Waals surface area contributed by atoms with Crippen LogP contribution in [0.15, 0.2) is 91.1 Å². The van der Waals surface area contributed by atoms with E-state index < -0.39 is 47.9 Å². The van der Waals surface area contributed by atoms with E-state index in [-0.39, 0.29) is 25.2 Å². The van der Waals surface area contributed by atoms with Crippen molar-refractivity contribution in [1.29, 1.82) is 0 Å². The maximum absolute atomic E-state index is 13.8. The van der Waals surface area contributed by atoms with Crippen molar-refractivity contribution >= 4 is 34.6 Å². The molecule has 5 unspecified atom stereocenters. The minimum Gasteiger partial charge on any atom is -0.480 e. The molecule has 0 bridgehead atoms. The van der Waals surface area contributed by atoms with Crippen molar-refractivity contribution in [2.75, 3.05) is 0 Å². The molecule has 1 aromatic heterocycles. The normalized spacial score (nSPS) is 14.5. The van der Waals surface area contributed by atoms with Gasteiger partial charge in [0.15, 0.2) is 0 Å². The zero-order valence-corrected chi connectivity index (χ0v) is 25.5. The Morgan fingerprint density at radius 3 is 1.80 bits per heavy atom. The van der Waals surface area contributed by atoms with Gasteiger partial charge in [-0.05, 0) is 35.1 Å². The average Bonchev–Trinajstić information content (AvgIpc) is 3.45. The van der Waals surface area contributed by atoms with Crippen molar-refractivity contribution in [2.45, 2.75) is 63.7 Å². The fraction of sp³-hybridized carbons (Fsp3) is 0.314. The quantitative estimate of drug-likeness (QED) is 0.121. The highest BCUT2D eigenvalue weighted by molar-refractivity contribution is 5.94. The van der Waals surface area contributed by atoms with E-state index in [9.17, 15) is 24.3 Å². The van der Waals surface area contributed by atoms with Crippen LogP contribution in [0.3, 0.4) is 0 Å². The molecule has 0 radical (unpaired) electrons. The van der Waals surface area contributed by atoms with Crippen LogP contribution in [0.2, 0.25) is 0 Å². The monoisotopic (exact) mass is 611 g/mol. The van der Waals surface area contributed by atoms with Crippen molar-refractivity contribution in [1.82, 2.24) is 20.9 Å². The number of hydrogen-bond donors (Lipinski definition) is 6. The summed E-state index contributed by atoms with van der Waals surface area (Å²) in [7, 11) is 0. The summed E-state index contributed by atoms with van der Waals surface area (Å²) in [6.45, 7) is 3.59. The number of benzene rings is 3. The van der Waals surface area contributed by atoms with Crippen molar-refractivity contribution in [3.05, 3.63) is 108 Å². The van der Waals surface area contributed by atoms with Gasteiger partial charge in [0.05, 0.1) is 6.04 Å². The molecule has 3 aromatic carbocycles. The fourth-order valence-electron chi connectivity index (χ4n) is 5.24. The zero-order chi connectivity index (χ0) is 32.3. The van der Waals surface area contributed by atoms with Crippen LogP contribution in [-0.2, 0) is 38.4 Å². The molecule has 0 aliphatic carbocycles. The van der Waals surface area contributed by atoms with Gasteiger partial charge in [-0.15, -0.1) is 0 Å². The van der Waals surface area contributed by atoms with Gasteiger partial charge in [0.2, 0.25) is 17.7 Å². The Balaban J connectivity index is 1.54. The third kappa shape index (κ3) is 9.02. The van der Waals surface area contributed by atoms with Gasteiger partial charge < -0.3 is 31.8 Å². The van der Waals surface area contributed by atoms with Crippen LogP contribution in [0.5, 0.6) is 0 Å². The van der Waals surface area contributed by atoms with E-state index in [1.165, 1.54) is 0 Å². The Morgan fingerprint density at radius 1 is 0.733 bits per heavy atom. The summed E-state index contributed by atoms with van der Waals surface area (Å²) in [6, 6.07) is 21.8. The van der Waals surface area contributed by atoms with E-state index in [1.807, 2.05) is 98.0 Å². The number of para-hydroxylation sites is 1. The van der Waals surface area contributed by atoms with Crippen LogP contribution in [-0.4, -0.2) is 57.9 Å². The Labute approximate surface area is 262 Å². The number of hydrogen-bond acceptors (Lipinski definition) is 5. The summed E-state index contributed by atoms with van der Waals surface area (Å²) < 4.78 is 0. The summed E-state index contributed by atoms with van der Waals surface area (Å²) in [5, 5.41) is 19.0. The lowest BCUT2D eigenvalue weighted by Crippen LogP contribution is -2.58. The largest absolute Gasteiger partial charge is 0.480 e. The number of carboxylic acid groups (broad SMARTS) is 1. The zero-order valence-electron chi connectivity index (χ0n) is 25.5. The summed E-state index contributed by atoms with van der Waals surface area (Å²) in [5.41, 5.74) is 9.73. The van der Waals surface area contributed by atoms with E-state index in [2.05, 4.69) is 20.9 Å². The van der Waals surface area contributed by atoms with E-state index in [0.717, 1.165) is 27.6 Å². The Kier molecular flexibility index (Phi) is 11.5. The van der Waals surface area contributed by atoms with Gasteiger partial charge in [0.1, 0.15) is 18.1 Å². The molecule has 0 fully saturated rings. The Bertz CT molecular complexity index is 1590. The van der Waals surface area contributed by atoms with Gasteiger partial charge in [-0.1, -0.05) is 99.1 Å². The number of nitrogens with one attached hydrogen (secondary N) is 4. The van der Waals surface area contributed by atoms with Crippen LogP contribution in [0.1, 0.15) is 37.0 Å². The SMILES string of the molecule is CCC(C)C(NC(=O)C(Cc1ccccc1)NC(=O)C(Cc1ccccc1)NC(=O)C(N)Cc1c[nH]c2ccccc12)C(=O)O. The Hall–Kier alpha value is -4.96. The molecule has 0 aliphatic heterocycles. The van der Waals surface area contributed by atoms with Crippen LogP contribution in [0.25, 0.3) is 10.9 Å². The van der Waals surface area contributed by atoms with Gasteiger partial charge in [-0.25, -0.2) is 4.79 Å². The smallest absolute Gasteiger partial charge is 0.326 e. The summed E-state index contributed by atoms with van der Waals surface area (Å²) in [6.07, 6.45) is 2.89. The first-order valence-electron chi connectivity index (χ1n) is 15.2. The highest BCUT2D eigenvalue weighted by Crippen LogP contribution is 2.19. The summed E-state index contributed by atoms with van der Waals surface area (Å²) in [5.74, 6) is -3.20. The molecule has 0 saturated heterocycles. The number of aliphatic carboxylic acids is 1. The predicted octanol–water partition coefficient (Wildman–Crippen LogP) is 3.11. The standard InChI is InChI=1S/C35H41N5O5/c1-3-22(2)31(35(44)45)40-34(43)30(19-24-14-8-5-9-15-24)39-33(42)29(18-23-12-6-4-7-13-23)38-32(41)27(36)20-25-21-37-28-17-11-10-16-26(25)28/h4-17,21-22,27,29-31,37H,3,18-20,36H2,1-2H3,(H,38,41)(H,39,42)(H,40,43)(H,44,45). The molecule has 4 aromatic rings. The number of fused-ring (bicyclic) bond motifs is 1. The van der Waals surface area contributed by atoms with Crippen LogP contribution >= 0.6 is 0 Å². The lowest BCUT2D eigenvalue weighted by atomic mass is 9.97. The molecule has 1 heterocycles. The molecular formula is C35H41N5O5. The first-order chi connectivity index (χ1) is 21.7. The number of rotatable bonds is 15. The molecule has 0 saturated carbocycles. The summed E-state index contributed by atoms with van der Waals surface area (Å²) >= 11 is 0. The molecule has 0 aliphatic rings. The Morgan fingerprint density at radius 2 is 1.24 bits per heavy atom. The lowest BCUT2D eigenvalue weighted by molar-refractivity contribution is -0.143. The summed E-state index contributed by atoms with van der Waals surface area (Å²) in [4.78, 5) is 55.9. The van der Waals surface area contributed by atoms with Gasteiger partial charge in [0.25, 0.3) is 0 Å². The number of carboxylic acids is 1. The van der Waals surface area contributed by atoms with Crippen LogP contribution < -0.4 is 21.7 Å². The van der Waals surface area contributed by atoms with E-state index in [1.54, 1.807) is 6.92 Å². The molecule has 4 rings (SSSR count). The third-order valence-electron chi connectivity index (χ3n) is 8.06. The van der Waals surface area contributed by atoms with Crippen LogP contribution in [0.4, 0.5) is 0 Å². The third-order valence-corrected chi connectivity index (χ3v) is 8.06. The van der Waals surface area contributed by atoms with Gasteiger partial charge in [0, 0.05) is 29.9 Å². The maximum atomic E-state index is 13.8. The van der Waals surface area contributed by atoms with Crippen molar-refractivity contribution in [2.24, 2.45) is 11.7 Å². The van der Waals surface area contributed by atoms with Crippen molar-refractivity contribution < 1.29 is 24.3 Å². The molecule has 10 heteroatoms. The maximum Gasteiger partial charge on any atom is 0.326 e. The second kappa shape index (κ2) is 15.7. The van der Waals surface area contributed by atoms with Gasteiger partial charge >= 0.3 is 5.97 Å². The number of nitrogens with two attached hydrogens (primary N) is 1. The number of amides is 3. The lowest BCUT2D eigenvalue weighted by Gasteiger charge is -2.27.